The molecule has 3 aromatic carbocycles. The third kappa shape index (κ3) is 6.39. The van der Waals surface area contributed by atoms with E-state index in [-0.39, 0.29) is 17.6 Å². The monoisotopic (exact) mass is 490 g/mol. The maximum absolute atomic E-state index is 11.5. The van der Waals surface area contributed by atoms with Crippen LogP contribution in [0.1, 0.15) is 37.5 Å². The summed E-state index contributed by atoms with van der Waals surface area (Å²) in [5.41, 5.74) is 2.52. The molecule has 0 bridgehead atoms. The van der Waals surface area contributed by atoms with Gasteiger partial charge >= 0.3 is 6.09 Å². The lowest BCUT2D eigenvalue weighted by atomic mass is 9.76. The molecule has 0 saturated heterocycles. The van der Waals surface area contributed by atoms with Gasteiger partial charge in [0.2, 0.25) is 0 Å². The summed E-state index contributed by atoms with van der Waals surface area (Å²) in [5.74, 6) is 0. The van der Waals surface area contributed by atoms with Gasteiger partial charge in [-0.25, -0.2) is 4.79 Å². The predicted molar refractivity (Wildman–Crippen MR) is 145 cm³/mol. The molecule has 0 aliphatic carbocycles. The summed E-state index contributed by atoms with van der Waals surface area (Å²) in [5, 5.41) is 15.9. The Bertz CT molecular complexity index is 971. The molecule has 0 aliphatic rings. The third-order valence-electron chi connectivity index (χ3n) is 6.99. The van der Waals surface area contributed by atoms with Crippen molar-refractivity contribution in [2.75, 3.05) is 13.2 Å². The second-order valence-corrected chi connectivity index (χ2v) is 15.3. The van der Waals surface area contributed by atoms with Gasteiger partial charge < -0.3 is 14.8 Å². The zero-order valence-electron chi connectivity index (χ0n) is 21.4. The van der Waals surface area contributed by atoms with Crippen LogP contribution in [0.2, 0.25) is 18.1 Å². The second-order valence-electron chi connectivity index (χ2n) is 10.4. The Kier molecular flexibility index (Phi) is 8.54. The van der Waals surface area contributed by atoms with Crippen molar-refractivity contribution in [2.45, 2.75) is 50.5 Å². The number of hydrogen-bond acceptors (Lipinski definition) is 3. The van der Waals surface area contributed by atoms with Crippen LogP contribution in [0.25, 0.3) is 0 Å². The molecule has 0 fully saturated rings. The Balaban J connectivity index is 2.12. The molecule has 1 atom stereocenters. The predicted octanol–water partition coefficient (Wildman–Crippen LogP) is 6.23. The van der Waals surface area contributed by atoms with Crippen LogP contribution in [0, 0.1) is 0 Å². The van der Waals surface area contributed by atoms with E-state index in [1.54, 1.807) is 0 Å². The third-order valence-corrected chi connectivity index (χ3v) is 11.5. The fraction of sp³-hybridized carbons (Fsp3) is 0.345. The average Bonchev–Trinajstić information content (AvgIpc) is 2.84. The fourth-order valence-corrected chi connectivity index (χ4v) is 5.06. The smallest absolute Gasteiger partial charge is 0.404 e. The Hall–Kier alpha value is -2.93. The molecule has 186 valence electrons. The molecule has 0 aliphatic heterocycles. The quantitative estimate of drug-likeness (QED) is 0.233. The minimum atomic E-state index is -2.05. The molecule has 0 aromatic heterocycles. The van der Waals surface area contributed by atoms with Gasteiger partial charge in [0.25, 0.3) is 0 Å². The number of carboxylic acid groups (broad SMARTS) is 1. The van der Waals surface area contributed by atoms with Gasteiger partial charge in [0.1, 0.15) is 0 Å². The zero-order chi connectivity index (χ0) is 25.5. The van der Waals surface area contributed by atoms with E-state index in [1.807, 2.05) is 54.6 Å². The number of amides is 1. The van der Waals surface area contributed by atoms with Gasteiger partial charge in [0, 0.05) is 12.6 Å². The van der Waals surface area contributed by atoms with Crippen molar-refractivity contribution in [2.24, 2.45) is 0 Å². The molecule has 35 heavy (non-hydrogen) atoms. The largest absolute Gasteiger partial charge is 0.465 e. The molecule has 3 rings (SSSR count). The molecule has 0 heterocycles. The van der Waals surface area contributed by atoms with Gasteiger partial charge in [-0.15, -0.1) is 0 Å². The van der Waals surface area contributed by atoms with E-state index in [1.165, 1.54) is 0 Å². The fourth-order valence-electron chi connectivity index (χ4n) is 4.01. The van der Waals surface area contributed by atoms with Gasteiger partial charge in [0.15, 0.2) is 8.32 Å². The van der Waals surface area contributed by atoms with Gasteiger partial charge in [-0.2, -0.15) is 0 Å². The zero-order valence-corrected chi connectivity index (χ0v) is 22.4. The Labute approximate surface area is 210 Å². The maximum atomic E-state index is 11.5. The van der Waals surface area contributed by atoms with E-state index in [4.69, 9.17) is 4.43 Å². The van der Waals surface area contributed by atoms with E-state index in [2.05, 4.69) is 80.9 Å². The summed E-state index contributed by atoms with van der Waals surface area (Å²) in [7, 11) is -2.05. The molecule has 3 aromatic rings. The van der Waals surface area contributed by atoms with Crippen molar-refractivity contribution in [1.29, 1.82) is 0 Å². The number of carbonyl (C=O) groups is 1. The van der Waals surface area contributed by atoms with Crippen LogP contribution in [-0.4, -0.2) is 38.7 Å². The van der Waals surface area contributed by atoms with Crippen molar-refractivity contribution in [1.82, 2.24) is 10.6 Å². The Morgan fingerprint density at radius 2 is 1.23 bits per heavy atom. The first kappa shape index (κ1) is 26.7. The minimum Gasteiger partial charge on any atom is -0.465 e. The first-order chi connectivity index (χ1) is 16.6. The van der Waals surface area contributed by atoms with Crippen LogP contribution in [0.4, 0.5) is 4.79 Å². The Morgan fingerprint density at radius 3 is 1.57 bits per heavy atom. The molecule has 1 amide bonds. The summed E-state index contributed by atoms with van der Waals surface area (Å²) in [4.78, 5) is 11.5. The summed E-state index contributed by atoms with van der Waals surface area (Å²) >= 11 is 0. The number of nitrogens with one attached hydrogen (secondary N) is 2. The highest BCUT2D eigenvalue weighted by Gasteiger charge is 2.41. The average molecular weight is 491 g/mol. The molecule has 0 spiro atoms. The van der Waals surface area contributed by atoms with Crippen molar-refractivity contribution in [3.63, 3.8) is 0 Å². The van der Waals surface area contributed by atoms with Gasteiger partial charge in [-0.1, -0.05) is 112 Å². The highest BCUT2D eigenvalue weighted by Crippen LogP contribution is 2.39. The molecule has 1 unspecified atom stereocenters. The first-order valence-electron chi connectivity index (χ1n) is 12.1. The maximum Gasteiger partial charge on any atom is 0.404 e. The molecule has 5 nitrogen and oxygen atoms in total. The molecule has 6 heteroatoms. The van der Waals surface area contributed by atoms with Crippen LogP contribution < -0.4 is 10.6 Å². The molecule has 0 saturated carbocycles. The topological polar surface area (TPSA) is 70.6 Å². The first-order valence-corrected chi connectivity index (χ1v) is 15.0. The highest BCUT2D eigenvalue weighted by atomic mass is 28.4. The summed E-state index contributed by atoms with van der Waals surface area (Å²) in [6.45, 7) is 11.7. The standard InChI is InChI=1S/C29H38N2O3Si/c1-28(2,3)35(4,5)34-22-26(21-30-27(32)33)31-29(23-15-9-6-10-16-23,24-17-11-7-12-18-24)25-19-13-8-14-20-25/h6-20,26,30-31H,21-22H2,1-5H3,(H,32,33). The molecular weight excluding hydrogens is 452 g/mol. The van der Waals surface area contributed by atoms with Crippen LogP contribution in [0.15, 0.2) is 91.0 Å². The van der Waals surface area contributed by atoms with E-state index in [9.17, 15) is 9.90 Å². The Morgan fingerprint density at radius 1 is 0.829 bits per heavy atom. The van der Waals surface area contributed by atoms with E-state index in [0.717, 1.165) is 16.7 Å². The van der Waals surface area contributed by atoms with E-state index < -0.39 is 19.9 Å². The van der Waals surface area contributed by atoms with Crippen molar-refractivity contribution in [3.8, 4) is 0 Å². The van der Waals surface area contributed by atoms with Crippen LogP contribution in [-0.2, 0) is 9.96 Å². The lowest BCUT2D eigenvalue weighted by Crippen LogP contribution is -2.56. The van der Waals surface area contributed by atoms with Crippen LogP contribution >= 0.6 is 0 Å². The van der Waals surface area contributed by atoms with Gasteiger partial charge in [-0.05, 0) is 34.8 Å². The number of benzene rings is 3. The normalized spacial score (nSPS) is 13.3. The van der Waals surface area contributed by atoms with Crippen molar-refractivity contribution >= 4 is 14.4 Å². The lowest BCUT2D eigenvalue weighted by molar-refractivity contribution is 0.185. The summed E-state index contributed by atoms with van der Waals surface area (Å²) in [6.07, 6.45) is -1.05. The lowest BCUT2D eigenvalue weighted by Gasteiger charge is -2.42. The van der Waals surface area contributed by atoms with E-state index >= 15 is 0 Å². The second kappa shape index (κ2) is 11.2. The van der Waals surface area contributed by atoms with Crippen molar-refractivity contribution in [3.05, 3.63) is 108 Å². The molecular formula is C29H38N2O3Si. The van der Waals surface area contributed by atoms with Gasteiger partial charge in [0.05, 0.1) is 12.1 Å². The molecule has 3 N–H and O–H groups in total. The highest BCUT2D eigenvalue weighted by molar-refractivity contribution is 6.74. The van der Waals surface area contributed by atoms with E-state index in [0.29, 0.717) is 6.61 Å². The number of hydrogen-bond donors (Lipinski definition) is 3. The van der Waals surface area contributed by atoms with Crippen LogP contribution in [0.5, 0.6) is 0 Å². The SMILES string of the molecule is CC(C)(C)[Si](C)(C)OCC(CNC(=O)O)NC(c1ccccc1)(c1ccccc1)c1ccccc1. The minimum absolute atomic E-state index is 0.0488. The number of rotatable bonds is 10. The van der Waals surface area contributed by atoms with Crippen molar-refractivity contribution < 1.29 is 14.3 Å². The summed E-state index contributed by atoms with van der Waals surface area (Å²) < 4.78 is 6.59. The molecule has 0 radical (unpaired) electrons. The van der Waals surface area contributed by atoms with Crippen LogP contribution in [0.3, 0.4) is 0 Å². The summed E-state index contributed by atoms with van der Waals surface area (Å²) in [6, 6.07) is 30.7. The van der Waals surface area contributed by atoms with Gasteiger partial charge in [-0.3, -0.25) is 5.32 Å².